The maximum atomic E-state index is 11.9. The predicted molar refractivity (Wildman–Crippen MR) is 68.1 cm³/mol. The molecule has 0 spiro atoms. The van der Waals surface area contributed by atoms with E-state index in [1.54, 1.807) is 6.92 Å². The average molecular weight is 236 g/mol. The molecule has 0 bridgehead atoms. The first-order chi connectivity index (χ1) is 8.15. The molecule has 0 saturated carbocycles. The lowest BCUT2D eigenvalue weighted by molar-refractivity contribution is 0.0923. The zero-order valence-electron chi connectivity index (χ0n) is 10.4. The van der Waals surface area contributed by atoms with Crippen molar-refractivity contribution in [2.75, 3.05) is 20.1 Å². The summed E-state index contributed by atoms with van der Waals surface area (Å²) in [5, 5.41) is 14.9. The Morgan fingerprint density at radius 3 is 2.76 bits per heavy atom. The van der Waals surface area contributed by atoms with Gasteiger partial charge in [0.2, 0.25) is 0 Å². The van der Waals surface area contributed by atoms with Crippen LogP contribution in [0.25, 0.3) is 0 Å². The number of carbonyl (C=O) groups excluding carboxylic acids is 1. The van der Waals surface area contributed by atoms with Crippen LogP contribution in [0.15, 0.2) is 24.3 Å². The van der Waals surface area contributed by atoms with Crippen molar-refractivity contribution in [2.45, 2.75) is 19.4 Å². The topological polar surface area (TPSA) is 61.4 Å². The molecule has 0 fully saturated rings. The number of benzene rings is 1. The minimum absolute atomic E-state index is 0.127. The molecular weight excluding hydrogens is 216 g/mol. The molecule has 4 nitrogen and oxygen atoms in total. The van der Waals surface area contributed by atoms with E-state index in [4.69, 9.17) is 5.11 Å². The maximum absolute atomic E-state index is 11.9. The molecule has 0 aliphatic rings. The molecule has 1 aromatic carbocycles. The van der Waals surface area contributed by atoms with Gasteiger partial charge in [0, 0.05) is 12.1 Å². The smallest absolute Gasteiger partial charge is 0.251 e. The summed E-state index contributed by atoms with van der Waals surface area (Å²) in [4.78, 5) is 11.9. The third-order valence-electron chi connectivity index (χ3n) is 2.46. The number of likely N-dealkylation sites (N-methyl/N-ethyl adjacent to an activating group) is 1. The molecule has 1 atom stereocenters. The van der Waals surface area contributed by atoms with Gasteiger partial charge in [0.05, 0.1) is 6.10 Å². The highest BCUT2D eigenvalue weighted by Gasteiger charge is 2.10. The zero-order valence-corrected chi connectivity index (χ0v) is 10.4. The van der Waals surface area contributed by atoms with Crippen LogP contribution in [-0.2, 0) is 6.42 Å². The lowest BCUT2D eigenvalue weighted by Crippen LogP contribution is -2.31. The summed E-state index contributed by atoms with van der Waals surface area (Å²) < 4.78 is 0. The highest BCUT2D eigenvalue weighted by Crippen LogP contribution is 2.09. The summed E-state index contributed by atoms with van der Waals surface area (Å²) in [7, 11) is 1.89. The van der Waals surface area contributed by atoms with Crippen molar-refractivity contribution in [1.82, 2.24) is 10.6 Å². The van der Waals surface area contributed by atoms with Crippen molar-refractivity contribution in [3.05, 3.63) is 35.4 Å². The molecule has 0 radical (unpaired) electrons. The van der Waals surface area contributed by atoms with E-state index in [1.165, 1.54) is 0 Å². The van der Waals surface area contributed by atoms with Gasteiger partial charge in [-0.3, -0.25) is 4.79 Å². The molecule has 4 heteroatoms. The number of aliphatic hydroxyl groups excluding tert-OH is 1. The maximum Gasteiger partial charge on any atom is 0.251 e. The summed E-state index contributed by atoms with van der Waals surface area (Å²) in [5.41, 5.74) is 1.70. The molecule has 0 aliphatic carbocycles. The van der Waals surface area contributed by atoms with Crippen LogP contribution in [0.4, 0.5) is 0 Å². The molecule has 0 aliphatic heterocycles. The SMILES string of the molecule is CNCCc1ccccc1C(=O)NC[C@@H](C)O. The Morgan fingerprint density at radius 1 is 1.41 bits per heavy atom. The van der Waals surface area contributed by atoms with E-state index in [0.29, 0.717) is 5.56 Å². The van der Waals surface area contributed by atoms with Crippen molar-refractivity contribution in [1.29, 1.82) is 0 Å². The molecule has 0 saturated heterocycles. The summed E-state index contributed by atoms with van der Waals surface area (Å²) in [6, 6.07) is 7.54. The molecule has 1 amide bonds. The van der Waals surface area contributed by atoms with Crippen LogP contribution in [0, 0.1) is 0 Å². The molecule has 1 rings (SSSR count). The third kappa shape index (κ3) is 4.54. The van der Waals surface area contributed by atoms with Crippen LogP contribution in [0.2, 0.25) is 0 Å². The van der Waals surface area contributed by atoms with Crippen LogP contribution in [0.1, 0.15) is 22.8 Å². The largest absolute Gasteiger partial charge is 0.392 e. The van der Waals surface area contributed by atoms with Gasteiger partial charge < -0.3 is 15.7 Å². The molecule has 1 aromatic rings. The Balaban J connectivity index is 2.70. The van der Waals surface area contributed by atoms with E-state index in [1.807, 2.05) is 31.3 Å². The normalized spacial score (nSPS) is 12.2. The van der Waals surface area contributed by atoms with E-state index < -0.39 is 6.10 Å². The van der Waals surface area contributed by atoms with Gasteiger partial charge in [0.1, 0.15) is 0 Å². The highest BCUT2D eigenvalue weighted by molar-refractivity contribution is 5.95. The monoisotopic (exact) mass is 236 g/mol. The fourth-order valence-electron chi connectivity index (χ4n) is 1.56. The Morgan fingerprint density at radius 2 is 2.12 bits per heavy atom. The molecule has 17 heavy (non-hydrogen) atoms. The van der Waals surface area contributed by atoms with Crippen LogP contribution in [-0.4, -0.2) is 37.3 Å². The highest BCUT2D eigenvalue weighted by atomic mass is 16.3. The second-order valence-corrected chi connectivity index (χ2v) is 4.07. The van der Waals surface area contributed by atoms with Gasteiger partial charge >= 0.3 is 0 Å². The molecule has 0 unspecified atom stereocenters. The van der Waals surface area contributed by atoms with Crippen LogP contribution < -0.4 is 10.6 Å². The lowest BCUT2D eigenvalue weighted by Gasteiger charge is -2.11. The van der Waals surface area contributed by atoms with E-state index >= 15 is 0 Å². The standard InChI is InChI=1S/C13H20N2O2/c1-10(16)9-15-13(17)12-6-4-3-5-11(12)7-8-14-2/h3-6,10,14,16H,7-9H2,1-2H3,(H,15,17)/t10-/m1/s1. The minimum Gasteiger partial charge on any atom is -0.392 e. The Labute approximate surface area is 102 Å². The number of hydrogen-bond donors (Lipinski definition) is 3. The van der Waals surface area contributed by atoms with E-state index in [2.05, 4.69) is 10.6 Å². The van der Waals surface area contributed by atoms with E-state index in [0.717, 1.165) is 18.5 Å². The number of nitrogens with one attached hydrogen (secondary N) is 2. The van der Waals surface area contributed by atoms with Crippen LogP contribution in [0.3, 0.4) is 0 Å². The lowest BCUT2D eigenvalue weighted by atomic mass is 10.0. The van der Waals surface area contributed by atoms with Gasteiger partial charge in [-0.05, 0) is 38.6 Å². The van der Waals surface area contributed by atoms with Gasteiger partial charge in [-0.25, -0.2) is 0 Å². The van der Waals surface area contributed by atoms with Crippen molar-refractivity contribution in [3.8, 4) is 0 Å². The van der Waals surface area contributed by atoms with E-state index in [9.17, 15) is 4.79 Å². The van der Waals surface area contributed by atoms with Gasteiger partial charge in [-0.1, -0.05) is 18.2 Å². The Kier molecular flexibility index (Phi) is 5.66. The third-order valence-corrected chi connectivity index (χ3v) is 2.46. The predicted octanol–water partition coefficient (Wildman–Crippen LogP) is 0.559. The van der Waals surface area contributed by atoms with Crippen LogP contribution >= 0.6 is 0 Å². The van der Waals surface area contributed by atoms with Crippen molar-refractivity contribution >= 4 is 5.91 Å². The first-order valence-electron chi connectivity index (χ1n) is 5.84. The number of carbonyl (C=O) groups is 1. The van der Waals surface area contributed by atoms with Gasteiger partial charge in [0.25, 0.3) is 5.91 Å². The fraction of sp³-hybridized carbons (Fsp3) is 0.462. The van der Waals surface area contributed by atoms with E-state index in [-0.39, 0.29) is 12.5 Å². The summed E-state index contributed by atoms with van der Waals surface area (Å²) >= 11 is 0. The number of rotatable bonds is 6. The number of amides is 1. The minimum atomic E-state index is -0.525. The van der Waals surface area contributed by atoms with Crippen LogP contribution in [0.5, 0.6) is 0 Å². The van der Waals surface area contributed by atoms with Crippen molar-refractivity contribution in [2.24, 2.45) is 0 Å². The Bertz CT molecular complexity index is 364. The number of aliphatic hydroxyl groups is 1. The molecule has 0 aromatic heterocycles. The molecule has 3 N–H and O–H groups in total. The zero-order chi connectivity index (χ0) is 12.7. The summed E-state index contributed by atoms with van der Waals surface area (Å²) in [6.45, 7) is 2.76. The Hall–Kier alpha value is -1.39. The second-order valence-electron chi connectivity index (χ2n) is 4.07. The van der Waals surface area contributed by atoms with Gasteiger partial charge in [-0.2, -0.15) is 0 Å². The summed E-state index contributed by atoms with van der Waals surface area (Å²) in [5.74, 6) is -0.127. The number of hydrogen-bond acceptors (Lipinski definition) is 3. The first kappa shape index (κ1) is 13.7. The van der Waals surface area contributed by atoms with Crippen molar-refractivity contribution < 1.29 is 9.90 Å². The first-order valence-corrected chi connectivity index (χ1v) is 5.84. The molecular formula is C13H20N2O2. The van der Waals surface area contributed by atoms with Crippen molar-refractivity contribution in [3.63, 3.8) is 0 Å². The summed E-state index contributed by atoms with van der Waals surface area (Å²) in [6.07, 6.45) is 0.290. The molecule has 94 valence electrons. The quantitative estimate of drug-likeness (QED) is 0.676. The second kappa shape index (κ2) is 7.04. The van der Waals surface area contributed by atoms with Gasteiger partial charge in [-0.15, -0.1) is 0 Å². The average Bonchev–Trinajstić information content (AvgIpc) is 2.33. The fourth-order valence-corrected chi connectivity index (χ4v) is 1.56. The van der Waals surface area contributed by atoms with Gasteiger partial charge in [0.15, 0.2) is 0 Å². The molecule has 0 heterocycles.